The van der Waals surface area contributed by atoms with Gasteiger partial charge in [-0.3, -0.25) is 0 Å². The lowest BCUT2D eigenvalue weighted by molar-refractivity contribution is 0.477. The number of rotatable bonds is 3. The number of nitrogens with two attached hydrogens (primary N) is 1. The van der Waals surface area contributed by atoms with Gasteiger partial charge in [0.1, 0.15) is 22.3 Å². The van der Waals surface area contributed by atoms with Gasteiger partial charge in [0.05, 0.1) is 10.0 Å². The van der Waals surface area contributed by atoms with Crippen LogP contribution in [0.1, 0.15) is 5.56 Å². The minimum Gasteiger partial charge on any atom is -0.457 e. The van der Waals surface area contributed by atoms with Gasteiger partial charge in [0.15, 0.2) is 0 Å². The standard InChI is InChI=1S/C13H8Cl2FNOS/c14-10-4-2-8(6-12(10)16)18-7-1-3-9(13(17)19)11(15)5-7/h1-6H,(H2,17,19). The number of thiocarbonyl (C=S) groups is 1. The average Bonchev–Trinajstić information content (AvgIpc) is 2.33. The van der Waals surface area contributed by atoms with E-state index in [4.69, 9.17) is 45.9 Å². The van der Waals surface area contributed by atoms with Crippen molar-refractivity contribution in [2.45, 2.75) is 0 Å². The highest BCUT2D eigenvalue weighted by Crippen LogP contribution is 2.28. The molecule has 6 heteroatoms. The van der Waals surface area contributed by atoms with E-state index in [2.05, 4.69) is 0 Å². The number of hydrogen-bond acceptors (Lipinski definition) is 2. The highest BCUT2D eigenvalue weighted by atomic mass is 35.5. The van der Waals surface area contributed by atoms with E-state index in [1.807, 2.05) is 0 Å². The second kappa shape index (κ2) is 5.74. The molecule has 0 aliphatic rings. The van der Waals surface area contributed by atoms with Crippen molar-refractivity contribution in [3.8, 4) is 11.5 Å². The number of benzene rings is 2. The fourth-order valence-corrected chi connectivity index (χ4v) is 2.06. The highest BCUT2D eigenvalue weighted by Gasteiger charge is 2.07. The van der Waals surface area contributed by atoms with E-state index >= 15 is 0 Å². The van der Waals surface area contributed by atoms with E-state index in [1.54, 1.807) is 24.3 Å². The van der Waals surface area contributed by atoms with Gasteiger partial charge in [-0.25, -0.2) is 4.39 Å². The fourth-order valence-electron chi connectivity index (χ4n) is 1.44. The molecule has 0 atom stereocenters. The molecule has 0 amide bonds. The molecule has 0 aromatic heterocycles. The molecule has 0 saturated carbocycles. The molecule has 0 spiro atoms. The van der Waals surface area contributed by atoms with E-state index < -0.39 is 5.82 Å². The van der Waals surface area contributed by atoms with Crippen molar-refractivity contribution in [3.05, 3.63) is 57.8 Å². The number of ether oxygens (including phenoxy) is 1. The second-order valence-electron chi connectivity index (χ2n) is 3.68. The maximum Gasteiger partial charge on any atom is 0.145 e. The zero-order valence-electron chi connectivity index (χ0n) is 9.49. The Morgan fingerprint density at radius 2 is 1.68 bits per heavy atom. The smallest absolute Gasteiger partial charge is 0.145 e. The molecule has 0 unspecified atom stereocenters. The van der Waals surface area contributed by atoms with E-state index in [9.17, 15) is 4.39 Å². The maximum atomic E-state index is 13.3. The van der Waals surface area contributed by atoms with Crippen molar-refractivity contribution in [2.24, 2.45) is 5.73 Å². The van der Waals surface area contributed by atoms with Gasteiger partial charge in [0, 0.05) is 17.7 Å². The molecule has 0 aliphatic carbocycles. The molecule has 0 heterocycles. The fraction of sp³-hybridized carbons (Fsp3) is 0. The van der Waals surface area contributed by atoms with E-state index in [0.29, 0.717) is 22.1 Å². The summed E-state index contributed by atoms with van der Waals surface area (Å²) in [6, 6.07) is 9.01. The Kier molecular flexibility index (Phi) is 4.24. The van der Waals surface area contributed by atoms with Crippen LogP contribution in [0.2, 0.25) is 10.0 Å². The largest absolute Gasteiger partial charge is 0.457 e. The average molecular weight is 316 g/mol. The molecule has 0 aliphatic heterocycles. The Balaban J connectivity index is 2.26. The van der Waals surface area contributed by atoms with E-state index in [0.717, 1.165) is 0 Å². The maximum absolute atomic E-state index is 13.3. The molecule has 19 heavy (non-hydrogen) atoms. The van der Waals surface area contributed by atoms with Gasteiger partial charge in [-0.1, -0.05) is 35.4 Å². The normalized spacial score (nSPS) is 10.3. The van der Waals surface area contributed by atoms with Crippen LogP contribution in [-0.2, 0) is 0 Å². The summed E-state index contributed by atoms with van der Waals surface area (Å²) < 4.78 is 18.7. The zero-order valence-corrected chi connectivity index (χ0v) is 11.8. The Morgan fingerprint density at radius 1 is 1.05 bits per heavy atom. The van der Waals surface area contributed by atoms with E-state index in [1.165, 1.54) is 12.1 Å². The van der Waals surface area contributed by atoms with Crippen LogP contribution in [0.5, 0.6) is 11.5 Å². The Morgan fingerprint density at radius 3 is 2.26 bits per heavy atom. The molecule has 0 bridgehead atoms. The summed E-state index contributed by atoms with van der Waals surface area (Å²) in [6.45, 7) is 0. The topological polar surface area (TPSA) is 35.2 Å². The van der Waals surface area contributed by atoms with Crippen LogP contribution in [0.3, 0.4) is 0 Å². The summed E-state index contributed by atoms with van der Waals surface area (Å²) in [4.78, 5) is 0.203. The lowest BCUT2D eigenvalue weighted by atomic mass is 10.2. The van der Waals surface area contributed by atoms with Crippen LogP contribution in [0.25, 0.3) is 0 Å². The van der Waals surface area contributed by atoms with Crippen molar-refractivity contribution in [1.29, 1.82) is 0 Å². The van der Waals surface area contributed by atoms with Crippen LogP contribution < -0.4 is 10.5 Å². The van der Waals surface area contributed by atoms with Gasteiger partial charge in [0.25, 0.3) is 0 Å². The Hall–Kier alpha value is -1.36. The van der Waals surface area contributed by atoms with Gasteiger partial charge in [-0.05, 0) is 24.3 Å². The molecule has 2 aromatic rings. The summed E-state index contributed by atoms with van der Waals surface area (Å²) in [5, 5.41) is 0.411. The molecule has 0 saturated heterocycles. The third-order valence-electron chi connectivity index (χ3n) is 2.33. The molecule has 2 N–H and O–H groups in total. The summed E-state index contributed by atoms with van der Waals surface area (Å²) >= 11 is 16.4. The molecule has 0 radical (unpaired) electrons. The van der Waals surface area contributed by atoms with Gasteiger partial charge in [-0.2, -0.15) is 0 Å². The minimum atomic E-state index is -0.551. The van der Waals surface area contributed by atoms with Crippen molar-refractivity contribution < 1.29 is 9.13 Å². The van der Waals surface area contributed by atoms with Crippen molar-refractivity contribution in [1.82, 2.24) is 0 Å². The predicted molar refractivity (Wildman–Crippen MR) is 78.8 cm³/mol. The van der Waals surface area contributed by atoms with Gasteiger partial charge in [-0.15, -0.1) is 0 Å². The molecule has 2 rings (SSSR count). The number of hydrogen-bond donors (Lipinski definition) is 1. The quantitative estimate of drug-likeness (QED) is 0.843. The summed E-state index contributed by atoms with van der Waals surface area (Å²) in [7, 11) is 0. The minimum absolute atomic E-state index is 0.0363. The summed E-state index contributed by atoms with van der Waals surface area (Å²) in [5.74, 6) is 0.220. The first-order valence-corrected chi connectivity index (χ1v) is 6.36. The third-order valence-corrected chi connectivity index (χ3v) is 3.17. The molecule has 2 nitrogen and oxygen atoms in total. The van der Waals surface area contributed by atoms with Crippen LogP contribution in [-0.4, -0.2) is 4.99 Å². The van der Waals surface area contributed by atoms with Crippen molar-refractivity contribution in [2.75, 3.05) is 0 Å². The van der Waals surface area contributed by atoms with Crippen LogP contribution in [0, 0.1) is 5.82 Å². The van der Waals surface area contributed by atoms with Crippen LogP contribution >= 0.6 is 35.4 Å². The Labute approximate surface area is 124 Å². The predicted octanol–water partition coefficient (Wildman–Crippen LogP) is 4.56. The summed E-state index contributed by atoms with van der Waals surface area (Å²) in [6.07, 6.45) is 0. The highest BCUT2D eigenvalue weighted by molar-refractivity contribution is 7.80. The second-order valence-corrected chi connectivity index (χ2v) is 4.94. The lowest BCUT2D eigenvalue weighted by Gasteiger charge is -2.08. The van der Waals surface area contributed by atoms with E-state index in [-0.39, 0.29) is 10.0 Å². The SMILES string of the molecule is NC(=S)c1ccc(Oc2ccc(Cl)c(F)c2)cc1Cl. The summed E-state index contributed by atoms with van der Waals surface area (Å²) in [5.41, 5.74) is 6.06. The molecule has 2 aromatic carbocycles. The van der Waals surface area contributed by atoms with Crippen LogP contribution in [0.4, 0.5) is 4.39 Å². The van der Waals surface area contributed by atoms with Crippen LogP contribution in [0.15, 0.2) is 36.4 Å². The van der Waals surface area contributed by atoms with Gasteiger partial charge in [0.2, 0.25) is 0 Å². The van der Waals surface area contributed by atoms with Crippen molar-refractivity contribution in [3.63, 3.8) is 0 Å². The zero-order chi connectivity index (χ0) is 14.0. The first kappa shape index (κ1) is 14.1. The van der Waals surface area contributed by atoms with Gasteiger partial charge >= 0.3 is 0 Å². The molecular formula is C13H8Cl2FNOS. The molecular weight excluding hydrogens is 308 g/mol. The third kappa shape index (κ3) is 3.35. The lowest BCUT2D eigenvalue weighted by Crippen LogP contribution is -2.09. The molecule has 98 valence electrons. The Bertz CT molecular complexity index is 649. The monoisotopic (exact) mass is 315 g/mol. The van der Waals surface area contributed by atoms with Crippen molar-refractivity contribution >= 4 is 40.4 Å². The molecule has 0 fully saturated rings. The van der Waals surface area contributed by atoms with Gasteiger partial charge < -0.3 is 10.5 Å². The first-order valence-electron chi connectivity index (χ1n) is 5.19. The number of halogens is 3. The first-order chi connectivity index (χ1) is 8.97.